The minimum absolute atomic E-state index is 0.221. The maximum absolute atomic E-state index is 12.7. The lowest BCUT2D eigenvalue weighted by molar-refractivity contribution is -0.166. The molecule has 0 aliphatic carbocycles. The van der Waals surface area contributed by atoms with Crippen molar-refractivity contribution in [2.24, 2.45) is 5.92 Å². The zero-order valence-electron chi connectivity index (χ0n) is 14.3. The smallest absolute Gasteiger partial charge is 0.328 e. The molecule has 0 aromatic heterocycles. The molecule has 3 atom stereocenters. The number of nitrogens with zero attached hydrogens (tertiary/aromatic N) is 1. The number of likely N-dealkylation sites (tertiary alicyclic amines) is 1. The fourth-order valence-corrected chi connectivity index (χ4v) is 3.36. The Hall–Kier alpha value is -1.47. The van der Waals surface area contributed by atoms with E-state index in [1.165, 1.54) is 4.90 Å². The van der Waals surface area contributed by atoms with Crippen molar-refractivity contribution in [2.45, 2.75) is 63.9 Å². The second-order valence-corrected chi connectivity index (χ2v) is 7.13. The molecule has 0 aromatic rings. The number of fused-ring (bicyclic) bond motifs is 1. The van der Waals surface area contributed by atoms with Crippen molar-refractivity contribution < 1.29 is 28.6 Å². The lowest BCUT2D eigenvalue weighted by Crippen LogP contribution is -2.54. The molecule has 3 heterocycles. The average molecular weight is 339 g/mol. The highest BCUT2D eigenvalue weighted by atomic mass is 16.8. The number of epoxide rings is 1. The molecule has 3 saturated heterocycles. The first-order chi connectivity index (χ1) is 11.5. The van der Waals surface area contributed by atoms with Crippen LogP contribution in [0.1, 0.15) is 46.0 Å². The molecule has 3 aliphatic rings. The number of hydrogen-bond donors (Lipinski definition) is 0. The van der Waals surface area contributed by atoms with E-state index in [-0.39, 0.29) is 12.0 Å². The molecular weight excluding hydrogens is 314 g/mol. The van der Waals surface area contributed by atoms with Crippen molar-refractivity contribution >= 4 is 17.7 Å². The van der Waals surface area contributed by atoms with Crippen LogP contribution in [-0.2, 0) is 28.6 Å². The van der Waals surface area contributed by atoms with Gasteiger partial charge >= 0.3 is 5.97 Å². The SMILES string of the molecule is CC(C)COC(=O)[C@@H]1CCCCN1C(=O)C(=O)[C@]12OCCC[C@H]1O2. The third-order valence-corrected chi connectivity index (χ3v) is 4.72. The Morgan fingerprint density at radius 2 is 2.00 bits per heavy atom. The van der Waals surface area contributed by atoms with Gasteiger partial charge in [-0.3, -0.25) is 9.59 Å². The molecule has 1 amide bonds. The largest absolute Gasteiger partial charge is 0.464 e. The number of rotatable bonds is 5. The predicted octanol–water partition coefficient (Wildman–Crippen LogP) is 1.04. The molecule has 3 fully saturated rings. The van der Waals surface area contributed by atoms with E-state index in [9.17, 15) is 14.4 Å². The highest BCUT2D eigenvalue weighted by molar-refractivity contribution is 6.40. The highest BCUT2D eigenvalue weighted by Gasteiger charge is 2.67. The van der Waals surface area contributed by atoms with E-state index in [4.69, 9.17) is 14.2 Å². The van der Waals surface area contributed by atoms with Crippen molar-refractivity contribution in [3.8, 4) is 0 Å². The van der Waals surface area contributed by atoms with Crippen LogP contribution in [0.4, 0.5) is 0 Å². The van der Waals surface area contributed by atoms with Crippen molar-refractivity contribution in [3.63, 3.8) is 0 Å². The van der Waals surface area contributed by atoms with E-state index in [1.54, 1.807) is 0 Å². The topological polar surface area (TPSA) is 85.4 Å². The van der Waals surface area contributed by atoms with Crippen molar-refractivity contribution in [1.82, 2.24) is 4.90 Å². The van der Waals surface area contributed by atoms with Crippen LogP contribution in [0.2, 0.25) is 0 Å². The quantitative estimate of drug-likeness (QED) is 0.423. The standard InChI is InChI=1S/C17H25NO6/c1-11(2)10-22-16(21)12-6-3-4-8-18(12)15(20)14(19)17-13(24-17)7-5-9-23-17/h11-13H,3-10H2,1-2H3/t12-,13+,17-/m0/s1. The monoisotopic (exact) mass is 339 g/mol. The van der Waals surface area contributed by atoms with Crippen LogP contribution in [0.5, 0.6) is 0 Å². The number of carbonyl (C=O) groups is 3. The van der Waals surface area contributed by atoms with Gasteiger partial charge < -0.3 is 19.1 Å². The number of piperidine rings is 1. The Morgan fingerprint density at radius 3 is 2.71 bits per heavy atom. The third kappa shape index (κ3) is 3.19. The summed E-state index contributed by atoms with van der Waals surface area (Å²) < 4.78 is 16.1. The molecular formula is C17H25NO6. The maximum Gasteiger partial charge on any atom is 0.328 e. The van der Waals surface area contributed by atoms with Crippen LogP contribution >= 0.6 is 0 Å². The van der Waals surface area contributed by atoms with Crippen LogP contribution < -0.4 is 0 Å². The predicted molar refractivity (Wildman–Crippen MR) is 82.9 cm³/mol. The normalized spacial score (nSPS) is 32.2. The average Bonchev–Trinajstić information content (AvgIpc) is 3.34. The minimum Gasteiger partial charge on any atom is -0.464 e. The highest BCUT2D eigenvalue weighted by Crippen LogP contribution is 2.45. The Labute approximate surface area is 141 Å². The van der Waals surface area contributed by atoms with E-state index in [2.05, 4.69) is 0 Å². The van der Waals surface area contributed by atoms with Gasteiger partial charge in [0.05, 0.1) is 13.2 Å². The van der Waals surface area contributed by atoms with Crippen LogP contribution in [0.25, 0.3) is 0 Å². The molecule has 3 rings (SSSR count). The van der Waals surface area contributed by atoms with Gasteiger partial charge in [-0.2, -0.15) is 0 Å². The number of esters is 1. The first-order valence-corrected chi connectivity index (χ1v) is 8.79. The van der Waals surface area contributed by atoms with Crippen LogP contribution in [0.3, 0.4) is 0 Å². The number of Topliss-reactive ketones (excluding diaryl/α,β-unsaturated/α-hetero) is 1. The van der Waals surface area contributed by atoms with E-state index in [0.717, 1.165) is 25.7 Å². The maximum atomic E-state index is 12.7. The van der Waals surface area contributed by atoms with Gasteiger partial charge in [-0.05, 0) is 38.0 Å². The summed E-state index contributed by atoms with van der Waals surface area (Å²) in [5.41, 5.74) is 0. The lowest BCUT2D eigenvalue weighted by Gasteiger charge is -2.34. The molecule has 0 saturated carbocycles. The minimum atomic E-state index is -1.39. The summed E-state index contributed by atoms with van der Waals surface area (Å²) in [5.74, 6) is -2.97. The molecule has 0 bridgehead atoms. The molecule has 0 aromatic carbocycles. The number of hydrogen-bond acceptors (Lipinski definition) is 6. The van der Waals surface area contributed by atoms with E-state index in [1.807, 2.05) is 13.8 Å². The van der Waals surface area contributed by atoms with Gasteiger partial charge in [0.2, 0.25) is 0 Å². The van der Waals surface area contributed by atoms with Crippen LogP contribution in [-0.4, -0.2) is 60.3 Å². The third-order valence-electron chi connectivity index (χ3n) is 4.72. The zero-order valence-corrected chi connectivity index (χ0v) is 14.3. The summed E-state index contributed by atoms with van der Waals surface area (Å²) in [4.78, 5) is 39.0. The van der Waals surface area contributed by atoms with Gasteiger partial charge in [-0.15, -0.1) is 0 Å². The van der Waals surface area contributed by atoms with Crippen molar-refractivity contribution in [2.75, 3.05) is 19.8 Å². The molecule has 0 unspecified atom stereocenters. The van der Waals surface area contributed by atoms with E-state index >= 15 is 0 Å². The molecule has 134 valence electrons. The Balaban J connectivity index is 1.67. The van der Waals surface area contributed by atoms with E-state index in [0.29, 0.717) is 26.2 Å². The summed E-state index contributed by atoms with van der Waals surface area (Å²) in [6.45, 7) is 5.00. The zero-order chi connectivity index (χ0) is 17.3. The van der Waals surface area contributed by atoms with Crippen LogP contribution in [0.15, 0.2) is 0 Å². The summed E-state index contributed by atoms with van der Waals surface area (Å²) in [7, 11) is 0. The Bertz CT molecular complexity index is 533. The van der Waals surface area contributed by atoms with Gasteiger partial charge in [-0.25, -0.2) is 4.79 Å². The van der Waals surface area contributed by atoms with Gasteiger partial charge in [-0.1, -0.05) is 13.8 Å². The number of carbonyl (C=O) groups excluding carboxylic acids is 3. The Kier molecular flexibility index (Phi) is 4.92. The van der Waals surface area contributed by atoms with Crippen molar-refractivity contribution in [3.05, 3.63) is 0 Å². The number of amides is 1. The number of ketones is 1. The van der Waals surface area contributed by atoms with Gasteiger partial charge in [0.15, 0.2) is 0 Å². The molecule has 3 aliphatic heterocycles. The van der Waals surface area contributed by atoms with Crippen LogP contribution in [0, 0.1) is 5.92 Å². The first kappa shape index (κ1) is 17.4. The van der Waals surface area contributed by atoms with E-state index < -0.39 is 29.5 Å². The molecule has 0 radical (unpaired) electrons. The molecule has 24 heavy (non-hydrogen) atoms. The van der Waals surface area contributed by atoms with Gasteiger partial charge in [0.1, 0.15) is 12.1 Å². The second kappa shape index (κ2) is 6.80. The fourth-order valence-electron chi connectivity index (χ4n) is 3.36. The second-order valence-electron chi connectivity index (χ2n) is 7.13. The molecule has 7 heteroatoms. The fraction of sp³-hybridized carbons (Fsp3) is 0.824. The Morgan fingerprint density at radius 1 is 1.21 bits per heavy atom. The summed E-state index contributed by atoms with van der Waals surface area (Å²) in [6.07, 6.45) is 3.35. The summed E-state index contributed by atoms with van der Waals surface area (Å²) in [6, 6.07) is -0.689. The number of ether oxygens (including phenoxy) is 3. The molecule has 0 N–H and O–H groups in total. The summed E-state index contributed by atoms with van der Waals surface area (Å²) in [5, 5.41) is 0. The first-order valence-electron chi connectivity index (χ1n) is 8.79. The molecule has 7 nitrogen and oxygen atoms in total. The van der Waals surface area contributed by atoms with Gasteiger partial charge in [0.25, 0.3) is 17.5 Å². The molecule has 0 spiro atoms. The van der Waals surface area contributed by atoms with Gasteiger partial charge in [0, 0.05) is 6.54 Å². The summed E-state index contributed by atoms with van der Waals surface area (Å²) >= 11 is 0. The lowest BCUT2D eigenvalue weighted by atomic mass is 9.99. The van der Waals surface area contributed by atoms with Crippen molar-refractivity contribution in [1.29, 1.82) is 0 Å².